The van der Waals surface area contributed by atoms with Crippen molar-refractivity contribution in [2.75, 3.05) is 7.11 Å². The van der Waals surface area contributed by atoms with E-state index < -0.39 is 0 Å². The Balaban J connectivity index is 2.15. The second-order valence-electron chi connectivity index (χ2n) is 4.89. The van der Waals surface area contributed by atoms with Gasteiger partial charge in [-0.3, -0.25) is 0 Å². The minimum atomic E-state index is -0.0426. The van der Waals surface area contributed by atoms with Crippen LogP contribution in [0.1, 0.15) is 36.0 Å². The first-order chi connectivity index (χ1) is 10.0. The van der Waals surface area contributed by atoms with Crippen LogP contribution in [0.2, 0.25) is 0 Å². The van der Waals surface area contributed by atoms with Crippen molar-refractivity contribution in [3.8, 4) is 11.5 Å². The Bertz CT molecular complexity index is 613. The molecule has 0 amide bonds. The molecule has 1 aromatic carbocycles. The number of ether oxygens (including phenoxy) is 2. The van der Waals surface area contributed by atoms with Gasteiger partial charge in [-0.2, -0.15) is 0 Å². The molecule has 4 nitrogen and oxygen atoms in total. The van der Waals surface area contributed by atoms with Gasteiger partial charge in [-0.05, 0) is 33.6 Å². The first kappa shape index (κ1) is 16.3. The fourth-order valence-electron chi connectivity index (χ4n) is 1.80. The molecule has 0 saturated heterocycles. The lowest BCUT2D eigenvalue weighted by atomic mass is 10.2. The maximum Gasteiger partial charge on any atom is 0.175 e. The molecule has 6 heteroatoms. The van der Waals surface area contributed by atoms with Crippen LogP contribution in [0.3, 0.4) is 0 Å². The van der Waals surface area contributed by atoms with Gasteiger partial charge in [0.05, 0.1) is 28.9 Å². The molecule has 1 aromatic heterocycles. The molecule has 0 radical (unpaired) electrons. The summed E-state index contributed by atoms with van der Waals surface area (Å²) in [6.07, 6.45) is 0. The van der Waals surface area contributed by atoms with E-state index >= 15 is 0 Å². The lowest BCUT2D eigenvalue weighted by Crippen LogP contribution is -2.00. The van der Waals surface area contributed by atoms with Crippen LogP contribution in [0.5, 0.6) is 11.5 Å². The van der Waals surface area contributed by atoms with Crippen molar-refractivity contribution >= 4 is 27.3 Å². The third-order valence-electron chi connectivity index (χ3n) is 2.90. The van der Waals surface area contributed by atoms with E-state index in [1.165, 1.54) is 0 Å². The minimum absolute atomic E-state index is 0.0426. The molecule has 21 heavy (non-hydrogen) atoms. The first-order valence-electron chi connectivity index (χ1n) is 6.59. The van der Waals surface area contributed by atoms with Gasteiger partial charge in [-0.1, -0.05) is 13.8 Å². The number of hydrogen-bond donors (Lipinski definition) is 1. The fourth-order valence-corrected chi connectivity index (χ4v) is 3.23. The largest absolute Gasteiger partial charge is 0.493 e. The van der Waals surface area contributed by atoms with Gasteiger partial charge >= 0.3 is 0 Å². The third-order valence-corrected chi connectivity index (χ3v) is 4.68. The molecule has 0 aliphatic heterocycles. The average Bonchev–Trinajstić information content (AvgIpc) is 2.94. The second kappa shape index (κ2) is 7.24. The Kier molecular flexibility index (Phi) is 5.61. The zero-order chi connectivity index (χ0) is 15.4. The predicted octanol–water partition coefficient (Wildman–Crippen LogP) is 4.11. The smallest absolute Gasteiger partial charge is 0.175 e. The topological polar surface area (TPSA) is 51.6 Å². The van der Waals surface area contributed by atoms with Gasteiger partial charge in [-0.15, -0.1) is 11.3 Å². The summed E-state index contributed by atoms with van der Waals surface area (Å²) in [6, 6.07) is 3.58. The van der Waals surface area contributed by atoms with Gasteiger partial charge in [0.2, 0.25) is 0 Å². The van der Waals surface area contributed by atoms with Crippen LogP contribution >= 0.6 is 27.3 Å². The van der Waals surface area contributed by atoms with Crippen molar-refractivity contribution in [3.05, 3.63) is 38.3 Å². The van der Waals surface area contributed by atoms with E-state index in [9.17, 15) is 5.11 Å². The Morgan fingerprint density at radius 1 is 1.38 bits per heavy atom. The van der Waals surface area contributed by atoms with Crippen molar-refractivity contribution < 1.29 is 14.6 Å². The third kappa shape index (κ3) is 3.96. The summed E-state index contributed by atoms with van der Waals surface area (Å²) in [5, 5.41) is 12.3. The van der Waals surface area contributed by atoms with E-state index in [0.29, 0.717) is 24.0 Å². The summed E-state index contributed by atoms with van der Waals surface area (Å²) < 4.78 is 11.9. The number of thiazole rings is 1. The molecular formula is C15H18BrNO3S. The molecule has 114 valence electrons. The lowest BCUT2D eigenvalue weighted by Gasteiger charge is -2.13. The minimum Gasteiger partial charge on any atom is -0.493 e. The molecule has 0 aliphatic carbocycles. The number of halogens is 1. The van der Waals surface area contributed by atoms with E-state index in [0.717, 1.165) is 20.7 Å². The van der Waals surface area contributed by atoms with E-state index in [1.54, 1.807) is 24.5 Å². The van der Waals surface area contributed by atoms with E-state index in [-0.39, 0.29) is 6.61 Å². The van der Waals surface area contributed by atoms with Crippen LogP contribution in [0.25, 0.3) is 0 Å². The zero-order valence-corrected chi connectivity index (χ0v) is 14.6. The number of benzene rings is 1. The monoisotopic (exact) mass is 371 g/mol. The second-order valence-corrected chi connectivity index (χ2v) is 6.63. The van der Waals surface area contributed by atoms with Crippen molar-refractivity contribution in [3.63, 3.8) is 0 Å². The van der Waals surface area contributed by atoms with Crippen molar-refractivity contribution in [1.82, 2.24) is 4.98 Å². The molecule has 0 saturated carbocycles. The van der Waals surface area contributed by atoms with Crippen molar-refractivity contribution in [1.29, 1.82) is 0 Å². The van der Waals surface area contributed by atoms with Gasteiger partial charge in [-0.25, -0.2) is 4.98 Å². The zero-order valence-electron chi connectivity index (χ0n) is 12.2. The molecule has 0 atom stereocenters. The lowest BCUT2D eigenvalue weighted by molar-refractivity contribution is 0.271. The number of methoxy groups -OCH3 is 1. The van der Waals surface area contributed by atoms with Gasteiger partial charge in [0.15, 0.2) is 11.5 Å². The maximum atomic E-state index is 9.21. The van der Waals surface area contributed by atoms with Crippen LogP contribution in [-0.2, 0) is 13.2 Å². The highest BCUT2D eigenvalue weighted by molar-refractivity contribution is 9.10. The van der Waals surface area contributed by atoms with Crippen LogP contribution in [0, 0.1) is 0 Å². The normalized spacial score (nSPS) is 11.0. The molecule has 1 heterocycles. The summed E-state index contributed by atoms with van der Waals surface area (Å²) in [5.41, 5.74) is 1.67. The number of rotatable bonds is 6. The van der Waals surface area contributed by atoms with E-state index in [4.69, 9.17) is 9.47 Å². The highest BCUT2D eigenvalue weighted by Gasteiger charge is 2.13. The fraction of sp³-hybridized carbons (Fsp3) is 0.400. The van der Waals surface area contributed by atoms with Gasteiger partial charge in [0.1, 0.15) is 6.61 Å². The Morgan fingerprint density at radius 2 is 2.14 bits per heavy atom. The molecule has 0 bridgehead atoms. The molecule has 0 aliphatic rings. The van der Waals surface area contributed by atoms with Crippen LogP contribution in [0.15, 0.2) is 22.0 Å². The average molecular weight is 372 g/mol. The van der Waals surface area contributed by atoms with Gasteiger partial charge < -0.3 is 14.6 Å². The van der Waals surface area contributed by atoms with Gasteiger partial charge in [0, 0.05) is 11.3 Å². The molecule has 0 fully saturated rings. The van der Waals surface area contributed by atoms with Gasteiger partial charge in [0.25, 0.3) is 0 Å². The van der Waals surface area contributed by atoms with Crippen molar-refractivity contribution in [2.24, 2.45) is 0 Å². The molecule has 0 unspecified atom stereocenters. The highest BCUT2D eigenvalue weighted by Crippen LogP contribution is 2.37. The Labute approximate surface area is 136 Å². The van der Waals surface area contributed by atoms with E-state index in [2.05, 4.69) is 34.8 Å². The number of aliphatic hydroxyl groups is 1. The quantitative estimate of drug-likeness (QED) is 0.829. The van der Waals surface area contributed by atoms with Crippen LogP contribution in [-0.4, -0.2) is 17.2 Å². The maximum absolute atomic E-state index is 9.21. The Morgan fingerprint density at radius 3 is 2.71 bits per heavy atom. The summed E-state index contributed by atoms with van der Waals surface area (Å²) in [5.74, 6) is 1.63. The van der Waals surface area contributed by atoms with Crippen LogP contribution < -0.4 is 9.47 Å². The first-order valence-corrected chi connectivity index (χ1v) is 8.26. The summed E-state index contributed by atoms with van der Waals surface area (Å²) >= 11 is 5.09. The van der Waals surface area contributed by atoms with Crippen LogP contribution in [0.4, 0.5) is 0 Å². The SMILES string of the molecule is COc1cc(CO)cc(Br)c1OCc1csc(C(C)C)n1. The molecular weight excluding hydrogens is 354 g/mol. The highest BCUT2D eigenvalue weighted by atomic mass is 79.9. The van der Waals surface area contributed by atoms with Crippen molar-refractivity contribution in [2.45, 2.75) is 33.0 Å². The summed E-state index contributed by atoms with van der Waals surface area (Å²) in [6.45, 7) is 4.59. The summed E-state index contributed by atoms with van der Waals surface area (Å²) in [4.78, 5) is 4.54. The predicted molar refractivity (Wildman–Crippen MR) is 87.2 cm³/mol. The molecule has 1 N–H and O–H groups in total. The molecule has 2 rings (SSSR count). The number of aliphatic hydroxyl groups excluding tert-OH is 1. The van der Waals surface area contributed by atoms with E-state index in [1.807, 2.05) is 11.4 Å². The molecule has 0 spiro atoms. The number of hydrogen-bond acceptors (Lipinski definition) is 5. The Hall–Kier alpha value is -1.11. The molecule has 2 aromatic rings. The summed E-state index contributed by atoms with van der Waals surface area (Å²) in [7, 11) is 1.58. The number of nitrogens with zero attached hydrogens (tertiary/aromatic N) is 1. The number of aromatic nitrogens is 1. The standard InChI is InChI=1S/C15H18BrNO3S/c1-9(2)15-17-11(8-21-15)7-20-14-12(16)4-10(6-18)5-13(14)19-3/h4-5,8-9,18H,6-7H2,1-3H3.